The lowest BCUT2D eigenvalue weighted by Gasteiger charge is -2.08. The molecule has 7 nitrogen and oxygen atoms in total. The molecule has 0 saturated heterocycles. The Morgan fingerprint density at radius 2 is 2.00 bits per heavy atom. The van der Waals surface area contributed by atoms with E-state index in [9.17, 15) is 9.59 Å². The summed E-state index contributed by atoms with van der Waals surface area (Å²) in [6, 6.07) is 9.18. The zero-order valence-corrected chi connectivity index (χ0v) is 13.7. The van der Waals surface area contributed by atoms with Crippen molar-refractivity contribution in [3.63, 3.8) is 0 Å². The van der Waals surface area contributed by atoms with Crippen LogP contribution in [0.3, 0.4) is 0 Å². The van der Waals surface area contributed by atoms with Gasteiger partial charge >= 0.3 is 0 Å². The van der Waals surface area contributed by atoms with Gasteiger partial charge in [0, 0.05) is 17.6 Å². The molecule has 24 heavy (non-hydrogen) atoms. The maximum Gasteiger partial charge on any atom is 0.275 e. The summed E-state index contributed by atoms with van der Waals surface area (Å²) in [5.41, 5.74) is 1.74. The number of amides is 1. The molecule has 3 rings (SSSR count). The predicted molar refractivity (Wildman–Crippen MR) is 90.7 cm³/mol. The predicted octanol–water partition coefficient (Wildman–Crippen LogP) is 1.03. The number of fused-ring (bicyclic) bond motifs is 1. The second kappa shape index (κ2) is 6.66. The van der Waals surface area contributed by atoms with Gasteiger partial charge in [-0.2, -0.15) is 10.2 Å². The highest BCUT2D eigenvalue weighted by atomic mass is 16.2. The first kappa shape index (κ1) is 15.9. The fraction of sp³-hybridized carbons (Fsp3) is 0.294. The van der Waals surface area contributed by atoms with Crippen LogP contribution in [-0.4, -0.2) is 32.0 Å². The number of aryl methyl sites for hydroxylation is 2. The molecule has 0 bridgehead atoms. The second-order valence-electron chi connectivity index (χ2n) is 5.69. The highest BCUT2D eigenvalue weighted by Gasteiger charge is 2.08. The molecule has 2 aromatic heterocycles. The van der Waals surface area contributed by atoms with Crippen molar-refractivity contribution in [1.82, 2.24) is 24.9 Å². The fourth-order valence-electron chi connectivity index (χ4n) is 2.63. The van der Waals surface area contributed by atoms with Crippen molar-refractivity contribution in [2.24, 2.45) is 0 Å². The summed E-state index contributed by atoms with van der Waals surface area (Å²) in [6.45, 7) is 4.84. The third kappa shape index (κ3) is 3.34. The Hall–Kier alpha value is -2.96. The first-order valence-corrected chi connectivity index (χ1v) is 7.77. The van der Waals surface area contributed by atoms with E-state index in [2.05, 4.69) is 15.5 Å². The molecule has 0 aliphatic carbocycles. The number of carbonyl (C=O) groups is 1. The van der Waals surface area contributed by atoms with Gasteiger partial charge in [-0.3, -0.25) is 14.3 Å². The van der Waals surface area contributed by atoms with Crippen LogP contribution in [0.25, 0.3) is 10.8 Å². The Balaban J connectivity index is 1.62. The van der Waals surface area contributed by atoms with Crippen LogP contribution in [0.2, 0.25) is 0 Å². The summed E-state index contributed by atoms with van der Waals surface area (Å²) < 4.78 is 3.02. The summed E-state index contributed by atoms with van der Waals surface area (Å²) in [7, 11) is 0. The maximum atomic E-state index is 12.3. The Kier molecular flexibility index (Phi) is 4.41. The van der Waals surface area contributed by atoms with E-state index >= 15 is 0 Å². The lowest BCUT2D eigenvalue weighted by molar-refractivity contribution is -0.121. The SMILES string of the molecule is Cc1cc(C)n(CCNC(=O)Cn2ncc3ccccc3c2=O)n1. The number of rotatable bonds is 5. The van der Waals surface area contributed by atoms with Gasteiger partial charge in [0.25, 0.3) is 5.56 Å². The number of hydrogen-bond donors (Lipinski definition) is 1. The molecule has 0 fully saturated rings. The molecular formula is C17H19N5O2. The fourth-order valence-corrected chi connectivity index (χ4v) is 2.63. The number of nitrogens with zero attached hydrogens (tertiary/aromatic N) is 4. The molecule has 0 aliphatic heterocycles. The zero-order valence-electron chi connectivity index (χ0n) is 13.7. The van der Waals surface area contributed by atoms with Gasteiger partial charge in [-0.15, -0.1) is 0 Å². The van der Waals surface area contributed by atoms with Crippen molar-refractivity contribution in [2.75, 3.05) is 6.54 Å². The van der Waals surface area contributed by atoms with Gasteiger partial charge in [-0.1, -0.05) is 18.2 Å². The summed E-state index contributed by atoms with van der Waals surface area (Å²) in [4.78, 5) is 24.4. The van der Waals surface area contributed by atoms with E-state index in [1.807, 2.05) is 36.7 Å². The molecule has 0 atom stereocenters. The van der Waals surface area contributed by atoms with Crippen LogP contribution in [0, 0.1) is 13.8 Å². The van der Waals surface area contributed by atoms with Gasteiger partial charge in [0.15, 0.2) is 0 Å². The van der Waals surface area contributed by atoms with Gasteiger partial charge in [0.2, 0.25) is 5.91 Å². The largest absolute Gasteiger partial charge is 0.353 e. The van der Waals surface area contributed by atoms with Crippen molar-refractivity contribution in [3.05, 3.63) is 58.3 Å². The van der Waals surface area contributed by atoms with E-state index in [4.69, 9.17) is 0 Å². The lowest BCUT2D eigenvalue weighted by Crippen LogP contribution is -2.35. The molecule has 1 amide bonds. The van der Waals surface area contributed by atoms with Gasteiger partial charge in [0.1, 0.15) is 6.54 Å². The molecule has 0 unspecified atom stereocenters. The number of hydrogen-bond acceptors (Lipinski definition) is 4. The van der Waals surface area contributed by atoms with Crippen LogP contribution < -0.4 is 10.9 Å². The molecule has 1 N–H and O–H groups in total. The highest BCUT2D eigenvalue weighted by molar-refractivity contribution is 5.81. The van der Waals surface area contributed by atoms with Crippen LogP contribution in [0.4, 0.5) is 0 Å². The van der Waals surface area contributed by atoms with Crippen molar-refractivity contribution in [3.8, 4) is 0 Å². The Labute approximate surface area is 138 Å². The van der Waals surface area contributed by atoms with E-state index in [0.29, 0.717) is 18.5 Å². The average Bonchev–Trinajstić information content (AvgIpc) is 2.88. The molecule has 0 spiro atoms. The van der Waals surface area contributed by atoms with E-state index in [1.165, 1.54) is 4.68 Å². The highest BCUT2D eigenvalue weighted by Crippen LogP contribution is 2.06. The third-order valence-corrected chi connectivity index (χ3v) is 3.80. The normalized spacial score (nSPS) is 10.9. The molecule has 124 valence electrons. The average molecular weight is 325 g/mol. The number of nitrogens with one attached hydrogen (secondary N) is 1. The third-order valence-electron chi connectivity index (χ3n) is 3.80. The van der Waals surface area contributed by atoms with Crippen LogP contribution in [0.15, 0.2) is 41.3 Å². The Morgan fingerprint density at radius 3 is 2.75 bits per heavy atom. The lowest BCUT2D eigenvalue weighted by atomic mass is 10.2. The summed E-state index contributed by atoms with van der Waals surface area (Å²) in [6.07, 6.45) is 1.60. The van der Waals surface area contributed by atoms with Gasteiger partial charge in [-0.05, 0) is 26.0 Å². The Bertz CT molecular complexity index is 942. The minimum absolute atomic E-state index is 0.0964. The summed E-state index contributed by atoms with van der Waals surface area (Å²) >= 11 is 0. The smallest absolute Gasteiger partial charge is 0.275 e. The first-order valence-electron chi connectivity index (χ1n) is 7.77. The van der Waals surface area contributed by atoms with Crippen molar-refractivity contribution < 1.29 is 4.79 Å². The monoisotopic (exact) mass is 325 g/mol. The maximum absolute atomic E-state index is 12.3. The molecule has 0 aliphatic rings. The first-order chi connectivity index (χ1) is 11.5. The number of aromatic nitrogens is 4. The molecule has 0 radical (unpaired) electrons. The topological polar surface area (TPSA) is 81.8 Å². The molecule has 0 saturated carbocycles. The van der Waals surface area contributed by atoms with Crippen molar-refractivity contribution in [2.45, 2.75) is 26.9 Å². The van der Waals surface area contributed by atoms with Gasteiger partial charge < -0.3 is 5.32 Å². The molecule has 1 aromatic carbocycles. The van der Waals surface area contributed by atoms with Crippen LogP contribution in [-0.2, 0) is 17.9 Å². The minimum Gasteiger partial charge on any atom is -0.353 e. The number of benzene rings is 1. The van der Waals surface area contributed by atoms with E-state index < -0.39 is 0 Å². The molecular weight excluding hydrogens is 306 g/mol. The van der Waals surface area contributed by atoms with Crippen LogP contribution >= 0.6 is 0 Å². The minimum atomic E-state index is -0.262. The molecule has 2 heterocycles. The quantitative estimate of drug-likeness (QED) is 0.759. The van der Waals surface area contributed by atoms with Crippen molar-refractivity contribution in [1.29, 1.82) is 0 Å². The Morgan fingerprint density at radius 1 is 1.21 bits per heavy atom. The van der Waals surface area contributed by atoms with Crippen LogP contribution in [0.1, 0.15) is 11.4 Å². The summed E-state index contributed by atoms with van der Waals surface area (Å²) in [5.74, 6) is -0.249. The second-order valence-corrected chi connectivity index (χ2v) is 5.69. The van der Waals surface area contributed by atoms with Gasteiger partial charge in [-0.25, -0.2) is 4.68 Å². The number of carbonyl (C=O) groups excluding carboxylic acids is 1. The van der Waals surface area contributed by atoms with Crippen molar-refractivity contribution >= 4 is 16.7 Å². The molecule has 7 heteroatoms. The van der Waals surface area contributed by atoms with E-state index in [0.717, 1.165) is 16.8 Å². The van der Waals surface area contributed by atoms with Gasteiger partial charge in [0.05, 0.1) is 23.8 Å². The summed E-state index contributed by atoms with van der Waals surface area (Å²) in [5, 5.41) is 12.5. The van der Waals surface area contributed by atoms with Crippen LogP contribution in [0.5, 0.6) is 0 Å². The van der Waals surface area contributed by atoms with E-state index in [-0.39, 0.29) is 18.0 Å². The standard InChI is InChI=1S/C17H19N5O2/c1-12-9-13(2)21(20-12)8-7-18-16(23)11-22-17(24)15-6-4-3-5-14(15)10-19-22/h3-6,9-10H,7-8,11H2,1-2H3,(H,18,23). The zero-order chi connectivity index (χ0) is 17.1. The van der Waals surface area contributed by atoms with E-state index in [1.54, 1.807) is 18.3 Å². The molecule has 3 aromatic rings.